The van der Waals surface area contributed by atoms with Crippen LogP contribution in [0.4, 0.5) is 4.39 Å². The van der Waals surface area contributed by atoms with Crippen molar-refractivity contribution in [2.24, 2.45) is 5.92 Å². The highest BCUT2D eigenvalue weighted by Gasteiger charge is 2.22. The summed E-state index contributed by atoms with van der Waals surface area (Å²) in [6, 6.07) is 7.25. The standard InChI is InChI=1S/C19H27FN2O/c20-18-8-6-17(7-9-18)19(22-10-12-23-13-11-22)15-21-14-16-4-2-1-3-5-16/h1-2,6-9,16,19,21H,3-5,10-15H2. The molecule has 1 saturated heterocycles. The van der Waals surface area contributed by atoms with Crippen LogP contribution in [0.25, 0.3) is 0 Å². The summed E-state index contributed by atoms with van der Waals surface area (Å²) in [6.07, 6.45) is 8.26. The molecule has 2 atom stereocenters. The van der Waals surface area contributed by atoms with Crippen LogP contribution in [-0.2, 0) is 4.74 Å². The van der Waals surface area contributed by atoms with Crippen molar-refractivity contribution in [3.8, 4) is 0 Å². The molecule has 1 N–H and O–H groups in total. The molecule has 0 bridgehead atoms. The number of hydrogen-bond donors (Lipinski definition) is 1. The number of nitrogens with one attached hydrogen (secondary N) is 1. The highest BCUT2D eigenvalue weighted by molar-refractivity contribution is 5.20. The van der Waals surface area contributed by atoms with Crippen molar-refractivity contribution in [2.45, 2.75) is 25.3 Å². The van der Waals surface area contributed by atoms with Crippen LogP contribution in [0.1, 0.15) is 30.9 Å². The summed E-state index contributed by atoms with van der Waals surface area (Å²) in [5, 5.41) is 3.66. The summed E-state index contributed by atoms with van der Waals surface area (Å²) in [6.45, 7) is 5.42. The van der Waals surface area contributed by atoms with Gasteiger partial charge in [-0.25, -0.2) is 4.39 Å². The Hall–Kier alpha value is -1.23. The van der Waals surface area contributed by atoms with Gasteiger partial charge in [0.05, 0.1) is 13.2 Å². The second-order valence-corrected chi connectivity index (χ2v) is 6.52. The first-order chi connectivity index (χ1) is 11.3. The van der Waals surface area contributed by atoms with Gasteiger partial charge in [0.15, 0.2) is 0 Å². The molecule has 1 aromatic rings. The Morgan fingerprint density at radius 2 is 1.96 bits per heavy atom. The number of benzene rings is 1. The number of hydrogen-bond acceptors (Lipinski definition) is 3. The Morgan fingerprint density at radius 3 is 2.65 bits per heavy atom. The van der Waals surface area contributed by atoms with Crippen LogP contribution < -0.4 is 5.32 Å². The molecule has 1 aliphatic heterocycles. The van der Waals surface area contributed by atoms with Gasteiger partial charge in [0.2, 0.25) is 0 Å². The van der Waals surface area contributed by atoms with E-state index in [1.54, 1.807) is 12.1 Å². The van der Waals surface area contributed by atoms with Crippen LogP contribution in [0.5, 0.6) is 0 Å². The Kier molecular flexibility index (Phi) is 6.20. The van der Waals surface area contributed by atoms with Crippen molar-refractivity contribution < 1.29 is 9.13 Å². The summed E-state index contributed by atoms with van der Waals surface area (Å²) < 4.78 is 18.7. The molecule has 3 nitrogen and oxygen atoms in total. The molecule has 23 heavy (non-hydrogen) atoms. The van der Waals surface area contributed by atoms with E-state index in [-0.39, 0.29) is 5.82 Å². The number of morpholine rings is 1. The average Bonchev–Trinajstić information content (AvgIpc) is 2.61. The summed E-state index contributed by atoms with van der Waals surface area (Å²) in [7, 11) is 0. The van der Waals surface area contributed by atoms with Gasteiger partial charge in [0.25, 0.3) is 0 Å². The van der Waals surface area contributed by atoms with Crippen LogP contribution >= 0.6 is 0 Å². The van der Waals surface area contributed by atoms with Gasteiger partial charge in [-0.3, -0.25) is 4.90 Å². The fourth-order valence-corrected chi connectivity index (χ4v) is 3.50. The first-order valence-corrected chi connectivity index (χ1v) is 8.76. The molecule has 0 aromatic heterocycles. The van der Waals surface area contributed by atoms with E-state index in [9.17, 15) is 4.39 Å². The SMILES string of the molecule is Fc1ccc(C(CNCC2CC=CCC2)N2CCOCC2)cc1. The summed E-state index contributed by atoms with van der Waals surface area (Å²) >= 11 is 0. The van der Waals surface area contributed by atoms with Crippen LogP contribution in [0.15, 0.2) is 36.4 Å². The number of halogens is 1. The average molecular weight is 318 g/mol. The molecule has 1 aromatic carbocycles. The van der Waals surface area contributed by atoms with Crippen molar-refractivity contribution in [3.05, 3.63) is 47.8 Å². The van der Waals surface area contributed by atoms with Crippen molar-refractivity contribution in [3.63, 3.8) is 0 Å². The van der Waals surface area contributed by atoms with Crippen LogP contribution in [-0.4, -0.2) is 44.3 Å². The number of ether oxygens (including phenoxy) is 1. The monoisotopic (exact) mass is 318 g/mol. The van der Waals surface area contributed by atoms with Gasteiger partial charge in [-0.1, -0.05) is 24.3 Å². The molecule has 3 rings (SSSR count). The van der Waals surface area contributed by atoms with E-state index in [1.165, 1.54) is 24.8 Å². The quantitative estimate of drug-likeness (QED) is 0.816. The lowest BCUT2D eigenvalue weighted by atomic mass is 9.94. The molecule has 2 aliphatic rings. The smallest absolute Gasteiger partial charge is 0.123 e. The molecule has 0 spiro atoms. The first-order valence-electron chi connectivity index (χ1n) is 8.76. The van der Waals surface area contributed by atoms with Gasteiger partial charge in [-0.05, 0) is 49.4 Å². The first kappa shape index (κ1) is 16.6. The second-order valence-electron chi connectivity index (χ2n) is 6.52. The van der Waals surface area contributed by atoms with Crippen LogP contribution in [0.2, 0.25) is 0 Å². The van der Waals surface area contributed by atoms with Gasteiger partial charge >= 0.3 is 0 Å². The minimum atomic E-state index is -0.170. The van der Waals surface area contributed by atoms with Crippen molar-refractivity contribution in [1.82, 2.24) is 10.2 Å². The molecule has 4 heteroatoms. The zero-order chi connectivity index (χ0) is 15.9. The lowest BCUT2D eigenvalue weighted by Crippen LogP contribution is -2.43. The van der Waals surface area contributed by atoms with Crippen molar-refractivity contribution in [2.75, 3.05) is 39.4 Å². The molecule has 0 saturated carbocycles. The van der Waals surface area contributed by atoms with E-state index in [2.05, 4.69) is 22.4 Å². The summed E-state index contributed by atoms with van der Waals surface area (Å²) in [5.74, 6) is 0.579. The summed E-state index contributed by atoms with van der Waals surface area (Å²) in [4.78, 5) is 2.45. The Bertz CT molecular complexity index is 497. The molecule has 1 fully saturated rings. The maximum absolute atomic E-state index is 13.2. The van der Waals surface area contributed by atoms with E-state index >= 15 is 0 Å². The Morgan fingerprint density at radius 1 is 1.17 bits per heavy atom. The third-order valence-corrected chi connectivity index (χ3v) is 4.89. The molecular weight excluding hydrogens is 291 g/mol. The van der Waals surface area contributed by atoms with Gasteiger partial charge in [0.1, 0.15) is 5.82 Å². The Labute approximate surface area is 138 Å². The Balaban J connectivity index is 1.60. The molecule has 126 valence electrons. The van der Waals surface area contributed by atoms with Crippen molar-refractivity contribution >= 4 is 0 Å². The van der Waals surface area contributed by atoms with Crippen LogP contribution in [0.3, 0.4) is 0 Å². The molecule has 1 aliphatic carbocycles. The highest BCUT2D eigenvalue weighted by Crippen LogP contribution is 2.22. The number of allylic oxidation sites excluding steroid dienone is 2. The zero-order valence-corrected chi connectivity index (χ0v) is 13.7. The third kappa shape index (κ3) is 4.87. The molecule has 0 amide bonds. The van der Waals surface area contributed by atoms with E-state index in [1.807, 2.05) is 12.1 Å². The minimum absolute atomic E-state index is 0.170. The van der Waals surface area contributed by atoms with Crippen molar-refractivity contribution in [1.29, 1.82) is 0 Å². The molecule has 0 radical (unpaired) electrons. The zero-order valence-electron chi connectivity index (χ0n) is 13.7. The summed E-state index contributed by atoms with van der Waals surface area (Å²) in [5.41, 5.74) is 1.18. The lowest BCUT2D eigenvalue weighted by Gasteiger charge is -2.35. The fourth-order valence-electron chi connectivity index (χ4n) is 3.50. The van der Waals surface area contributed by atoms with Crippen LogP contribution in [0, 0.1) is 11.7 Å². The molecule has 1 heterocycles. The van der Waals surface area contributed by atoms with Gasteiger partial charge < -0.3 is 10.1 Å². The highest BCUT2D eigenvalue weighted by atomic mass is 19.1. The van der Waals surface area contributed by atoms with E-state index < -0.39 is 0 Å². The van der Waals surface area contributed by atoms with Gasteiger partial charge in [0, 0.05) is 25.7 Å². The van der Waals surface area contributed by atoms with E-state index in [0.717, 1.165) is 45.3 Å². The van der Waals surface area contributed by atoms with Gasteiger partial charge in [-0.15, -0.1) is 0 Å². The van der Waals surface area contributed by atoms with Gasteiger partial charge in [-0.2, -0.15) is 0 Å². The van der Waals surface area contributed by atoms with E-state index in [0.29, 0.717) is 6.04 Å². The van der Waals surface area contributed by atoms with E-state index in [4.69, 9.17) is 4.74 Å². The predicted octanol–water partition coefficient (Wildman–Crippen LogP) is 3.14. The predicted molar refractivity (Wildman–Crippen MR) is 90.9 cm³/mol. The number of nitrogens with zero attached hydrogens (tertiary/aromatic N) is 1. The maximum atomic E-state index is 13.2. The largest absolute Gasteiger partial charge is 0.379 e. The third-order valence-electron chi connectivity index (χ3n) is 4.89. The normalized spacial score (nSPS) is 23.8. The topological polar surface area (TPSA) is 24.5 Å². The molecule has 2 unspecified atom stereocenters. The second kappa shape index (κ2) is 8.57. The lowest BCUT2D eigenvalue weighted by molar-refractivity contribution is 0.0160. The minimum Gasteiger partial charge on any atom is -0.379 e. The molecular formula is C19H27FN2O. The maximum Gasteiger partial charge on any atom is 0.123 e. The number of rotatable bonds is 6. The fraction of sp³-hybridized carbons (Fsp3) is 0.579.